The van der Waals surface area contributed by atoms with Gasteiger partial charge in [0.25, 0.3) is 0 Å². The monoisotopic (exact) mass is 269 g/mol. The Bertz CT molecular complexity index is 566. The summed E-state index contributed by atoms with van der Waals surface area (Å²) >= 11 is 0. The normalized spacial score (nSPS) is 10.1. The summed E-state index contributed by atoms with van der Waals surface area (Å²) < 4.78 is 5.28. The van der Waals surface area contributed by atoms with Gasteiger partial charge < -0.3 is 9.64 Å². The fraction of sp³-hybridized carbons (Fsp3) is 0.235. The Labute approximate surface area is 119 Å². The minimum atomic E-state index is -0.310. The minimum Gasteiger partial charge on any atom is -0.445 e. The molecule has 0 aliphatic carbocycles. The molecule has 0 aromatic heterocycles. The molecule has 0 saturated heterocycles. The van der Waals surface area contributed by atoms with Gasteiger partial charge in [0, 0.05) is 13.6 Å². The van der Waals surface area contributed by atoms with Crippen molar-refractivity contribution in [2.24, 2.45) is 0 Å². The predicted octanol–water partition coefficient (Wildman–Crippen LogP) is 3.76. The van der Waals surface area contributed by atoms with E-state index in [1.807, 2.05) is 55.5 Å². The van der Waals surface area contributed by atoms with E-state index in [2.05, 4.69) is 6.07 Å². The third kappa shape index (κ3) is 4.12. The first kappa shape index (κ1) is 14.1. The van der Waals surface area contributed by atoms with E-state index in [9.17, 15) is 4.79 Å². The Morgan fingerprint density at radius 1 is 1.05 bits per heavy atom. The average molecular weight is 269 g/mol. The molecular weight excluding hydrogens is 250 g/mol. The van der Waals surface area contributed by atoms with Crippen molar-refractivity contribution in [3.05, 3.63) is 71.3 Å². The molecule has 0 unspecified atom stereocenters. The quantitative estimate of drug-likeness (QED) is 0.845. The predicted molar refractivity (Wildman–Crippen MR) is 79.3 cm³/mol. The second-order valence-electron chi connectivity index (χ2n) is 4.89. The number of aryl methyl sites for hydroxylation is 1. The zero-order valence-electron chi connectivity index (χ0n) is 11.9. The average Bonchev–Trinajstić information content (AvgIpc) is 2.46. The molecule has 2 rings (SSSR count). The van der Waals surface area contributed by atoms with Crippen molar-refractivity contribution in [1.29, 1.82) is 0 Å². The molecule has 0 radical (unpaired) electrons. The van der Waals surface area contributed by atoms with Gasteiger partial charge in [0.15, 0.2) is 0 Å². The van der Waals surface area contributed by atoms with E-state index in [1.165, 1.54) is 5.56 Å². The Kier molecular flexibility index (Phi) is 4.77. The number of ether oxygens (including phenoxy) is 1. The molecule has 2 aromatic rings. The fourth-order valence-corrected chi connectivity index (χ4v) is 1.98. The topological polar surface area (TPSA) is 29.5 Å². The highest BCUT2D eigenvalue weighted by atomic mass is 16.6. The lowest BCUT2D eigenvalue weighted by Crippen LogP contribution is -2.26. The standard InChI is InChI=1S/C17H19NO2/c1-14-7-6-10-16(11-14)12-18(2)17(19)20-13-15-8-4-3-5-9-15/h3-11H,12-13H2,1-2H3. The highest BCUT2D eigenvalue weighted by Gasteiger charge is 2.10. The molecule has 0 N–H and O–H groups in total. The van der Waals surface area contributed by atoms with Crippen LogP contribution in [0.3, 0.4) is 0 Å². The van der Waals surface area contributed by atoms with Crippen LogP contribution >= 0.6 is 0 Å². The first-order valence-corrected chi connectivity index (χ1v) is 6.62. The smallest absolute Gasteiger partial charge is 0.410 e. The number of carbonyl (C=O) groups excluding carboxylic acids is 1. The zero-order valence-corrected chi connectivity index (χ0v) is 11.9. The van der Waals surface area contributed by atoms with Gasteiger partial charge in [-0.3, -0.25) is 0 Å². The van der Waals surface area contributed by atoms with E-state index < -0.39 is 0 Å². The number of rotatable bonds is 4. The molecule has 0 saturated carbocycles. The lowest BCUT2D eigenvalue weighted by atomic mass is 10.1. The molecule has 0 aliphatic heterocycles. The lowest BCUT2D eigenvalue weighted by Gasteiger charge is -2.17. The summed E-state index contributed by atoms with van der Waals surface area (Å²) in [5.74, 6) is 0. The van der Waals surface area contributed by atoms with E-state index in [-0.39, 0.29) is 6.09 Å². The van der Waals surface area contributed by atoms with Crippen molar-refractivity contribution >= 4 is 6.09 Å². The Morgan fingerprint density at radius 3 is 2.45 bits per heavy atom. The molecule has 0 fully saturated rings. The molecule has 0 heterocycles. The lowest BCUT2D eigenvalue weighted by molar-refractivity contribution is 0.103. The van der Waals surface area contributed by atoms with Crippen LogP contribution in [0.5, 0.6) is 0 Å². The van der Waals surface area contributed by atoms with E-state index in [4.69, 9.17) is 4.74 Å². The van der Waals surface area contributed by atoms with Gasteiger partial charge in [-0.05, 0) is 18.1 Å². The van der Waals surface area contributed by atoms with Gasteiger partial charge in [-0.25, -0.2) is 4.79 Å². The fourth-order valence-electron chi connectivity index (χ4n) is 1.98. The summed E-state index contributed by atoms with van der Waals surface area (Å²) in [7, 11) is 1.75. The van der Waals surface area contributed by atoms with Gasteiger partial charge in [0.2, 0.25) is 0 Å². The number of carbonyl (C=O) groups is 1. The summed E-state index contributed by atoms with van der Waals surface area (Å²) in [6, 6.07) is 17.8. The first-order chi connectivity index (χ1) is 9.65. The number of nitrogens with zero attached hydrogens (tertiary/aromatic N) is 1. The Hall–Kier alpha value is -2.29. The van der Waals surface area contributed by atoms with Gasteiger partial charge in [-0.1, -0.05) is 60.2 Å². The van der Waals surface area contributed by atoms with Gasteiger partial charge in [-0.2, -0.15) is 0 Å². The highest BCUT2D eigenvalue weighted by molar-refractivity contribution is 5.67. The molecule has 0 aliphatic rings. The number of hydrogen-bond acceptors (Lipinski definition) is 2. The number of benzene rings is 2. The third-order valence-electron chi connectivity index (χ3n) is 3.02. The second-order valence-corrected chi connectivity index (χ2v) is 4.89. The summed E-state index contributed by atoms with van der Waals surface area (Å²) in [5, 5.41) is 0. The third-order valence-corrected chi connectivity index (χ3v) is 3.02. The highest BCUT2D eigenvalue weighted by Crippen LogP contribution is 2.08. The molecule has 0 bridgehead atoms. The molecule has 20 heavy (non-hydrogen) atoms. The second kappa shape index (κ2) is 6.75. The van der Waals surface area contributed by atoms with Crippen molar-refractivity contribution in [1.82, 2.24) is 4.90 Å². The largest absolute Gasteiger partial charge is 0.445 e. The van der Waals surface area contributed by atoms with Crippen LogP contribution in [0, 0.1) is 6.92 Å². The van der Waals surface area contributed by atoms with Crippen LogP contribution in [0.25, 0.3) is 0 Å². The van der Waals surface area contributed by atoms with E-state index in [0.717, 1.165) is 11.1 Å². The van der Waals surface area contributed by atoms with Crippen LogP contribution in [-0.4, -0.2) is 18.0 Å². The molecule has 0 spiro atoms. The van der Waals surface area contributed by atoms with Gasteiger partial charge in [-0.15, -0.1) is 0 Å². The molecule has 3 heteroatoms. The molecule has 104 valence electrons. The summed E-state index contributed by atoms with van der Waals surface area (Å²) in [6.45, 7) is 2.89. The molecule has 2 aromatic carbocycles. The SMILES string of the molecule is Cc1cccc(CN(C)C(=O)OCc2ccccc2)c1. The zero-order chi connectivity index (χ0) is 14.4. The first-order valence-electron chi connectivity index (χ1n) is 6.62. The van der Waals surface area contributed by atoms with Gasteiger partial charge in [0.05, 0.1) is 0 Å². The van der Waals surface area contributed by atoms with Crippen LogP contribution in [-0.2, 0) is 17.9 Å². The van der Waals surface area contributed by atoms with Crippen molar-refractivity contribution in [2.45, 2.75) is 20.1 Å². The summed E-state index contributed by atoms with van der Waals surface area (Å²) in [6.07, 6.45) is -0.310. The van der Waals surface area contributed by atoms with E-state index in [1.54, 1.807) is 11.9 Å². The van der Waals surface area contributed by atoms with Crippen LogP contribution in [0.15, 0.2) is 54.6 Å². The van der Waals surface area contributed by atoms with Gasteiger partial charge in [0.1, 0.15) is 6.61 Å². The van der Waals surface area contributed by atoms with Crippen molar-refractivity contribution in [3.8, 4) is 0 Å². The van der Waals surface area contributed by atoms with Crippen LogP contribution in [0.4, 0.5) is 4.79 Å². The Balaban J connectivity index is 1.86. The van der Waals surface area contributed by atoms with Crippen molar-refractivity contribution < 1.29 is 9.53 Å². The summed E-state index contributed by atoms with van der Waals surface area (Å²) in [4.78, 5) is 13.5. The summed E-state index contributed by atoms with van der Waals surface area (Å²) in [5.41, 5.74) is 3.28. The van der Waals surface area contributed by atoms with Crippen LogP contribution < -0.4 is 0 Å². The van der Waals surface area contributed by atoms with Gasteiger partial charge >= 0.3 is 6.09 Å². The van der Waals surface area contributed by atoms with E-state index >= 15 is 0 Å². The van der Waals surface area contributed by atoms with Crippen molar-refractivity contribution in [2.75, 3.05) is 7.05 Å². The molecular formula is C17H19NO2. The molecule has 0 atom stereocenters. The van der Waals surface area contributed by atoms with Crippen LogP contribution in [0.2, 0.25) is 0 Å². The Morgan fingerprint density at radius 2 is 1.75 bits per heavy atom. The maximum atomic E-state index is 11.9. The number of hydrogen-bond donors (Lipinski definition) is 0. The van der Waals surface area contributed by atoms with Crippen molar-refractivity contribution in [3.63, 3.8) is 0 Å². The molecule has 1 amide bonds. The van der Waals surface area contributed by atoms with Crippen LogP contribution in [0.1, 0.15) is 16.7 Å². The molecule has 3 nitrogen and oxygen atoms in total. The maximum Gasteiger partial charge on any atom is 0.410 e. The number of amides is 1. The maximum absolute atomic E-state index is 11.9. The van der Waals surface area contributed by atoms with E-state index in [0.29, 0.717) is 13.2 Å². The minimum absolute atomic E-state index is 0.303.